The Morgan fingerprint density at radius 1 is 1.10 bits per heavy atom. The summed E-state index contributed by atoms with van der Waals surface area (Å²) in [5, 5.41) is 27.3. The molecule has 0 spiro atoms. The molecule has 0 aromatic carbocycles. The summed E-state index contributed by atoms with van der Waals surface area (Å²) >= 11 is 0. The summed E-state index contributed by atoms with van der Waals surface area (Å²) in [4.78, 5) is 29.7. The molecule has 5 rings (SSSR count). The van der Waals surface area contributed by atoms with Crippen LogP contribution in [0.25, 0.3) is 0 Å². The third-order valence-corrected chi connectivity index (χ3v) is 11.3. The van der Waals surface area contributed by atoms with Gasteiger partial charge in [0.1, 0.15) is 0 Å². The van der Waals surface area contributed by atoms with Gasteiger partial charge in [0.2, 0.25) is 0 Å². The highest BCUT2D eigenvalue weighted by atomic mass is 16.6. The average Bonchev–Trinajstić information content (AvgIpc) is 3.17. The molecule has 1 aliphatic heterocycles. The minimum Gasteiger partial charge on any atom is -0.481 e. The first-order valence-electron chi connectivity index (χ1n) is 15.1. The van der Waals surface area contributed by atoms with E-state index in [2.05, 4.69) is 30.4 Å². The Labute approximate surface area is 233 Å². The van der Waals surface area contributed by atoms with Crippen LogP contribution in [-0.4, -0.2) is 58.8 Å². The maximum atomic E-state index is 12.7. The molecule has 0 bridgehead atoms. The molecule has 8 heteroatoms. The average molecular weight is 545 g/mol. The summed E-state index contributed by atoms with van der Waals surface area (Å²) in [5.41, 5.74) is 2.30. The fourth-order valence-corrected chi connectivity index (χ4v) is 9.18. The normalized spacial score (nSPS) is 41.0. The van der Waals surface area contributed by atoms with Crippen molar-refractivity contribution in [2.75, 3.05) is 13.2 Å². The lowest BCUT2D eigenvalue weighted by atomic mass is 9.47. The van der Waals surface area contributed by atoms with Gasteiger partial charge in [-0.2, -0.15) is 0 Å². The van der Waals surface area contributed by atoms with Crippen molar-refractivity contribution >= 4 is 17.6 Å². The first kappa shape index (κ1) is 28.6. The van der Waals surface area contributed by atoms with E-state index in [9.17, 15) is 19.8 Å². The van der Waals surface area contributed by atoms with Gasteiger partial charge in [0.05, 0.1) is 23.8 Å². The van der Waals surface area contributed by atoms with Crippen molar-refractivity contribution in [2.45, 2.75) is 116 Å². The van der Waals surface area contributed by atoms with E-state index < -0.39 is 12.0 Å². The number of hydrogen-bond acceptors (Lipinski definition) is 6. The van der Waals surface area contributed by atoms with Crippen LogP contribution in [0.15, 0.2) is 16.8 Å². The molecule has 0 unspecified atom stereocenters. The van der Waals surface area contributed by atoms with E-state index in [0.717, 1.165) is 50.7 Å². The van der Waals surface area contributed by atoms with E-state index in [0.29, 0.717) is 30.8 Å². The highest BCUT2D eigenvalue weighted by molar-refractivity contribution is 5.96. The van der Waals surface area contributed by atoms with Crippen LogP contribution in [0.2, 0.25) is 0 Å². The van der Waals surface area contributed by atoms with Gasteiger partial charge in [-0.1, -0.05) is 24.6 Å². The number of allylic oxidation sites excluding steroid dienone is 2. The van der Waals surface area contributed by atoms with Crippen molar-refractivity contribution in [1.29, 1.82) is 0 Å². The number of ether oxygens (including phenoxy) is 1. The van der Waals surface area contributed by atoms with Gasteiger partial charge in [-0.05, 0) is 119 Å². The van der Waals surface area contributed by atoms with E-state index in [1.54, 1.807) is 0 Å². The molecule has 4 aliphatic carbocycles. The molecule has 5 aliphatic rings. The monoisotopic (exact) mass is 544 g/mol. The first-order chi connectivity index (χ1) is 18.4. The number of hydrogen-bond donors (Lipinski definition) is 3. The highest BCUT2D eigenvalue weighted by Gasteiger charge is 2.58. The minimum absolute atomic E-state index is 0.0427. The van der Waals surface area contributed by atoms with E-state index in [-0.39, 0.29) is 47.4 Å². The molecule has 0 radical (unpaired) electrons. The third kappa shape index (κ3) is 5.65. The van der Waals surface area contributed by atoms with Crippen LogP contribution in [0.4, 0.5) is 0 Å². The van der Waals surface area contributed by atoms with E-state index in [1.165, 1.54) is 18.4 Å². The van der Waals surface area contributed by atoms with E-state index >= 15 is 0 Å². The second-order valence-electron chi connectivity index (χ2n) is 14.1. The van der Waals surface area contributed by atoms with Crippen LogP contribution in [0.5, 0.6) is 0 Å². The molecule has 8 atom stereocenters. The number of aliphatic carboxylic acids is 1. The van der Waals surface area contributed by atoms with Crippen LogP contribution in [0.1, 0.15) is 98.3 Å². The molecule has 8 nitrogen and oxygen atoms in total. The molecule has 1 heterocycles. The third-order valence-electron chi connectivity index (χ3n) is 11.3. The molecule has 4 fully saturated rings. The van der Waals surface area contributed by atoms with Crippen molar-refractivity contribution in [1.82, 2.24) is 5.32 Å². The Bertz CT molecular complexity index is 1020. The number of carboxylic acids is 1. The topological polar surface area (TPSA) is 117 Å². The van der Waals surface area contributed by atoms with Gasteiger partial charge in [0.15, 0.2) is 6.61 Å². The molecule has 218 valence electrons. The van der Waals surface area contributed by atoms with Crippen molar-refractivity contribution < 1.29 is 29.4 Å². The summed E-state index contributed by atoms with van der Waals surface area (Å²) in [7, 11) is 0. The lowest BCUT2D eigenvalue weighted by Crippen LogP contribution is -2.51. The fraction of sp³-hybridized carbons (Fsp3) is 0.839. The van der Waals surface area contributed by atoms with Gasteiger partial charge in [0, 0.05) is 12.6 Å². The molecule has 1 saturated heterocycles. The van der Waals surface area contributed by atoms with Crippen molar-refractivity contribution in [3.05, 3.63) is 11.6 Å². The Morgan fingerprint density at radius 3 is 2.64 bits per heavy atom. The fourth-order valence-electron chi connectivity index (χ4n) is 9.18. The standard InChI is InChI=1S/C31H48N2O6/c1-29(2)17-19(11-14-38-29)25(16-28(36)37)32-27(35)18-39-33-21-9-12-30(3)20(15-21)5-6-22-23-7-8-26(34)31(23,4)13-10-24(22)30/h15,19,22-26,34H,5-14,16-18H2,1-4H3,(H,32,35)(H,36,37)/b33-21+/t19-,22-,23-,24+,25+,26-,30+,31+/m1/s1. The number of aliphatic hydroxyl groups is 1. The minimum atomic E-state index is -0.927. The SMILES string of the molecule is CC1(C)C[C@H]([C@H](CC(=O)O)NC(=O)CO/N=C2/C=C3CC[C@@H]4[C@H]5CC[C@@H](O)[C@@]5(C)CC[C@@H]4[C@@]3(C)CC2)CCO1. The van der Waals surface area contributed by atoms with Crippen molar-refractivity contribution in [2.24, 2.45) is 39.7 Å². The molecule has 3 N–H and O–H groups in total. The number of aliphatic hydroxyl groups excluding tert-OH is 1. The zero-order valence-electron chi connectivity index (χ0n) is 24.2. The number of carbonyl (C=O) groups excluding carboxylic acids is 1. The van der Waals surface area contributed by atoms with Gasteiger partial charge < -0.3 is 25.1 Å². The lowest BCUT2D eigenvalue weighted by molar-refractivity contribution is -0.139. The molecule has 3 saturated carbocycles. The zero-order valence-corrected chi connectivity index (χ0v) is 24.2. The Hall–Kier alpha value is -1.93. The molecule has 39 heavy (non-hydrogen) atoms. The van der Waals surface area contributed by atoms with Crippen LogP contribution in [0.3, 0.4) is 0 Å². The summed E-state index contributed by atoms with van der Waals surface area (Å²) in [6.07, 6.45) is 11.9. The number of carbonyl (C=O) groups is 2. The maximum Gasteiger partial charge on any atom is 0.305 e. The second kappa shape index (κ2) is 10.8. The molecule has 0 aromatic rings. The summed E-state index contributed by atoms with van der Waals surface area (Å²) in [5.74, 6) is 0.772. The van der Waals surface area contributed by atoms with E-state index in [1.807, 2.05) is 13.8 Å². The number of rotatable bonds is 7. The van der Waals surface area contributed by atoms with Crippen LogP contribution < -0.4 is 5.32 Å². The number of nitrogens with zero attached hydrogens (tertiary/aromatic N) is 1. The molecule has 1 amide bonds. The molecular weight excluding hydrogens is 496 g/mol. The van der Waals surface area contributed by atoms with Gasteiger partial charge in [0.25, 0.3) is 5.91 Å². The highest BCUT2D eigenvalue weighted by Crippen LogP contribution is 2.65. The van der Waals surface area contributed by atoms with Gasteiger partial charge >= 0.3 is 5.97 Å². The Morgan fingerprint density at radius 2 is 1.90 bits per heavy atom. The van der Waals surface area contributed by atoms with Crippen LogP contribution >= 0.6 is 0 Å². The molecular formula is C31H48N2O6. The second-order valence-corrected chi connectivity index (χ2v) is 14.1. The Kier molecular flexibility index (Phi) is 7.92. The van der Waals surface area contributed by atoms with Gasteiger partial charge in [-0.25, -0.2) is 0 Å². The van der Waals surface area contributed by atoms with Crippen LogP contribution in [0, 0.1) is 34.5 Å². The van der Waals surface area contributed by atoms with E-state index in [4.69, 9.17) is 9.57 Å². The lowest BCUT2D eigenvalue weighted by Gasteiger charge is -2.57. The Balaban J connectivity index is 1.18. The maximum absolute atomic E-state index is 12.7. The summed E-state index contributed by atoms with van der Waals surface area (Å²) < 4.78 is 5.77. The summed E-state index contributed by atoms with van der Waals surface area (Å²) in [6, 6.07) is -0.458. The first-order valence-corrected chi connectivity index (χ1v) is 15.1. The van der Waals surface area contributed by atoms with Gasteiger partial charge in [-0.15, -0.1) is 0 Å². The van der Waals surface area contributed by atoms with Crippen LogP contribution in [-0.2, 0) is 19.2 Å². The number of carboxylic acid groups (broad SMARTS) is 1. The number of nitrogens with one attached hydrogen (secondary N) is 1. The quantitative estimate of drug-likeness (QED) is 0.395. The van der Waals surface area contributed by atoms with Gasteiger partial charge in [-0.3, -0.25) is 9.59 Å². The predicted molar refractivity (Wildman–Crippen MR) is 148 cm³/mol. The summed E-state index contributed by atoms with van der Waals surface area (Å²) in [6.45, 7) is 9.10. The number of oxime groups is 1. The number of fused-ring (bicyclic) bond motifs is 5. The number of amides is 1. The largest absolute Gasteiger partial charge is 0.481 e. The molecule has 0 aromatic heterocycles. The van der Waals surface area contributed by atoms with Crippen molar-refractivity contribution in [3.8, 4) is 0 Å². The smallest absolute Gasteiger partial charge is 0.305 e. The zero-order chi connectivity index (χ0) is 28.0. The van der Waals surface area contributed by atoms with Crippen molar-refractivity contribution in [3.63, 3.8) is 0 Å². The predicted octanol–water partition coefficient (Wildman–Crippen LogP) is 4.85.